The van der Waals surface area contributed by atoms with E-state index < -0.39 is 5.91 Å². The highest BCUT2D eigenvalue weighted by atomic mass is 79.9. The first-order chi connectivity index (χ1) is 16.9. The fourth-order valence-electron chi connectivity index (χ4n) is 3.38. The van der Waals surface area contributed by atoms with Crippen molar-refractivity contribution in [2.75, 3.05) is 7.11 Å². The summed E-state index contributed by atoms with van der Waals surface area (Å²) in [4.78, 5) is 31.1. The number of rotatable bonds is 8. The molecule has 1 amide bonds. The summed E-state index contributed by atoms with van der Waals surface area (Å²) in [7, 11) is 1.56. The van der Waals surface area contributed by atoms with Crippen LogP contribution in [0.15, 0.2) is 63.2 Å². The highest BCUT2D eigenvalue weighted by molar-refractivity contribution is 9.10. The van der Waals surface area contributed by atoms with Crippen molar-refractivity contribution in [1.82, 2.24) is 15.0 Å². The third-order valence-corrected chi connectivity index (χ3v) is 7.01. The molecule has 2 aromatic carbocycles. The molecule has 0 bridgehead atoms. The molecule has 0 saturated carbocycles. The minimum Gasteiger partial charge on any atom is -0.493 e. The molecule has 0 unspecified atom stereocenters. The lowest BCUT2D eigenvalue weighted by atomic mass is 10.2. The predicted octanol–water partition coefficient (Wildman–Crippen LogP) is 4.58. The number of fused-ring (bicyclic) bond motifs is 1. The first-order valence-electron chi connectivity index (χ1n) is 10.7. The number of thiophene rings is 1. The largest absolute Gasteiger partial charge is 0.493 e. The van der Waals surface area contributed by atoms with Crippen LogP contribution in [-0.2, 0) is 17.9 Å². The van der Waals surface area contributed by atoms with Crippen LogP contribution < -0.4 is 20.5 Å². The van der Waals surface area contributed by atoms with Crippen LogP contribution in [0.4, 0.5) is 0 Å². The number of amides is 1. The Morgan fingerprint density at radius 1 is 1.20 bits per heavy atom. The van der Waals surface area contributed by atoms with Crippen molar-refractivity contribution in [2.24, 2.45) is 5.10 Å². The number of carbonyl (C=O) groups is 1. The van der Waals surface area contributed by atoms with Crippen molar-refractivity contribution in [1.29, 1.82) is 0 Å². The lowest BCUT2D eigenvalue weighted by Crippen LogP contribution is -2.30. The minimum atomic E-state index is -0.435. The number of hydrogen-bond acceptors (Lipinski definition) is 7. The summed E-state index contributed by atoms with van der Waals surface area (Å²) in [6.07, 6.45) is 2.89. The van der Waals surface area contributed by atoms with Gasteiger partial charge in [0.1, 0.15) is 18.0 Å². The summed E-state index contributed by atoms with van der Waals surface area (Å²) >= 11 is 4.89. The van der Waals surface area contributed by atoms with Crippen LogP contribution in [-0.4, -0.2) is 28.8 Å². The SMILES string of the molecule is COc1cc(C=NNC(=O)Cn2cnc3sc(C)c(C)c3c2=O)ccc1OCc1ccc(Br)cc1. The van der Waals surface area contributed by atoms with E-state index in [4.69, 9.17) is 9.47 Å². The molecule has 1 N–H and O–H groups in total. The number of nitrogens with zero attached hydrogens (tertiary/aromatic N) is 3. The van der Waals surface area contributed by atoms with Gasteiger partial charge in [0, 0.05) is 9.35 Å². The van der Waals surface area contributed by atoms with Crippen molar-refractivity contribution >= 4 is 49.6 Å². The van der Waals surface area contributed by atoms with E-state index in [2.05, 4.69) is 31.4 Å². The van der Waals surface area contributed by atoms with Gasteiger partial charge in [-0.2, -0.15) is 5.10 Å². The molecule has 4 aromatic rings. The van der Waals surface area contributed by atoms with Crippen molar-refractivity contribution in [3.8, 4) is 11.5 Å². The van der Waals surface area contributed by atoms with Crippen LogP contribution in [0.25, 0.3) is 10.2 Å². The molecule has 0 aliphatic heterocycles. The molecule has 180 valence electrons. The molecule has 10 heteroatoms. The number of aryl methyl sites for hydroxylation is 2. The second kappa shape index (κ2) is 10.8. The zero-order chi connectivity index (χ0) is 24.9. The highest BCUT2D eigenvalue weighted by Gasteiger charge is 2.13. The van der Waals surface area contributed by atoms with Crippen molar-refractivity contribution in [3.05, 3.63) is 85.2 Å². The van der Waals surface area contributed by atoms with E-state index in [1.807, 2.05) is 38.1 Å². The van der Waals surface area contributed by atoms with Crippen LogP contribution >= 0.6 is 27.3 Å². The monoisotopic (exact) mass is 554 g/mol. The maximum Gasteiger partial charge on any atom is 0.262 e. The molecule has 0 radical (unpaired) electrons. The number of ether oxygens (including phenoxy) is 2. The number of halogens is 1. The second-order valence-electron chi connectivity index (χ2n) is 7.76. The first-order valence-corrected chi connectivity index (χ1v) is 12.3. The van der Waals surface area contributed by atoms with E-state index >= 15 is 0 Å². The number of nitrogens with one attached hydrogen (secondary N) is 1. The van der Waals surface area contributed by atoms with E-state index in [0.717, 1.165) is 20.5 Å². The van der Waals surface area contributed by atoms with Gasteiger partial charge in [-0.25, -0.2) is 10.4 Å². The minimum absolute atomic E-state index is 0.181. The Bertz CT molecular complexity index is 1460. The van der Waals surface area contributed by atoms with Crippen LogP contribution in [0, 0.1) is 13.8 Å². The van der Waals surface area contributed by atoms with Gasteiger partial charge in [-0.1, -0.05) is 28.1 Å². The van der Waals surface area contributed by atoms with Crippen LogP contribution in [0.3, 0.4) is 0 Å². The average molecular weight is 555 g/mol. The van der Waals surface area contributed by atoms with Gasteiger partial charge in [0.05, 0.1) is 25.0 Å². The van der Waals surface area contributed by atoms with Crippen molar-refractivity contribution in [2.45, 2.75) is 27.0 Å². The molecule has 0 aliphatic rings. The number of benzene rings is 2. The zero-order valence-corrected chi connectivity index (χ0v) is 21.8. The number of methoxy groups -OCH3 is 1. The van der Waals surface area contributed by atoms with E-state index in [9.17, 15) is 9.59 Å². The molecule has 0 saturated heterocycles. The summed E-state index contributed by atoms with van der Waals surface area (Å²) in [5.74, 6) is 0.707. The summed E-state index contributed by atoms with van der Waals surface area (Å²) in [6.45, 7) is 4.05. The summed E-state index contributed by atoms with van der Waals surface area (Å²) in [6, 6.07) is 13.2. The Labute approximate surface area is 214 Å². The van der Waals surface area contributed by atoms with Crippen LogP contribution in [0.2, 0.25) is 0 Å². The third kappa shape index (κ3) is 5.77. The topological polar surface area (TPSA) is 94.8 Å². The highest BCUT2D eigenvalue weighted by Crippen LogP contribution is 2.28. The fraction of sp³-hybridized carbons (Fsp3) is 0.200. The molecule has 0 aliphatic carbocycles. The standard InChI is InChI=1S/C25H23BrN4O4S/c1-15-16(2)35-24-23(15)25(32)30(14-27-24)12-22(31)29-28-11-18-6-9-20(21(10-18)33-3)34-13-17-4-7-19(26)8-5-17/h4-11,14H,12-13H2,1-3H3,(H,29,31). The fourth-order valence-corrected chi connectivity index (χ4v) is 4.63. The molecule has 8 nitrogen and oxygen atoms in total. The van der Waals surface area contributed by atoms with E-state index in [0.29, 0.717) is 33.9 Å². The van der Waals surface area contributed by atoms with E-state index in [-0.39, 0.29) is 12.1 Å². The average Bonchev–Trinajstić information content (AvgIpc) is 3.14. The molecule has 4 rings (SSSR count). The quantitative estimate of drug-likeness (QED) is 0.254. The van der Waals surface area contributed by atoms with Gasteiger partial charge >= 0.3 is 0 Å². The Morgan fingerprint density at radius 2 is 1.97 bits per heavy atom. The Kier molecular flexibility index (Phi) is 7.62. The first kappa shape index (κ1) is 24.6. The molecular weight excluding hydrogens is 532 g/mol. The lowest BCUT2D eigenvalue weighted by molar-refractivity contribution is -0.121. The van der Waals surface area contributed by atoms with Crippen molar-refractivity contribution < 1.29 is 14.3 Å². The van der Waals surface area contributed by atoms with Gasteiger partial charge in [-0.05, 0) is 60.9 Å². The normalized spacial score (nSPS) is 11.2. The molecule has 2 heterocycles. The predicted molar refractivity (Wildman–Crippen MR) is 141 cm³/mol. The van der Waals surface area contributed by atoms with Crippen LogP contribution in [0.5, 0.6) is 11.5 Å². The van der Waals surface area contributed by atoms with Gasteiger partial charge in [0.15, 0.2) is 11.5 Å². The molecule has 35 heavy (non-hydrogen) atoms. The zero-order valence-electron chi connectivity index (χ0n) is 19.4. The Balaban J connectivity index is 1.38. The molecule has 2 aromatic heterocycles. The van der Waals surface area contributed by atoms with Gasteiger partial charge in [0.2, 0.25) is 0 Å². The van der Waals surface area contributed by atoms with Gasteiger partial charge in [0.25, 0.3) is 11.5 Å². The van der Waals surface area contributed by atoms with E-state index in [1.165, 1.54) is 28.4 Å². The van der Waals surface area contributed by atoms with Gasteiger partial charge < -0.3 is 9.47 Å². The van der Waals surface area contributed by atoms with Gasteiger partial charge in [-0.15, -0.1) is 11.3 Å². The number of hydrazone groups is 1. The maximum absolute atomic E-state index is 12.7. The number of aromatic nitrogens is 2. The molecule has 0 fully saturated rings. The third-order valence-electron chi connectivity index (χ3n) is 5.37. The molecular formula is C25H23BrN4O4S. The Hall–Kier alpha value is -3.50. The number of hydrogen-bond donors (Lipinski definition) is 1. The van der Waals surface area contributed by atoms with E-state index in [1.54, 1.807) is 25.3 Å². The molecule has 0 atom stereocenters. The van der Waals surface area contributed by atoms with Crippen molar-refractivity contribution in [3.63, 3.8) is 0 Å². The summed E-state index contributed by atoms with van der Waals surface area (Å²) < 4.78 is 13.6. The summed E-state index contributed by atoms with van der Waals surface area (Å²) in [5.41, 5.74) is 4.85. The Morgan fingerprint density at radius 3 is 2.71 bits per heavy atom. The maximum atomic E-state index is 12.7. The second-order valence-corrected chi connectivity index (χ2v) is 9.88. The lowest BCUT2D eigenvalue weighted by Gasteiger charge is -2.11. The smallest absolute Gasteiger partial charge is 0.262 e. The molecule has 0 spiro atoms. The van der Waals surface area contributed by atoms with Crippen LogP contribution in [0.1, 0.15) is 21.6 Å². The number of carbonyl (C=O) groups excluding carboxylic acids is 1. The summed E-state index contributed by atoms with van der Waals surface area (Å²) in [5, 5.41) is 4.56. The van der Waals surface area contributed by atoms with Gasteiger partial charge in [-0.3, -0.25) is 14.2 Å².